The van der Waals surface area contributed by atoms with Gasteiger partial charge in [-0.15, -0.1) is 0 Å². The van der Waals surface area contributed by atoms with E-state index in [4.69, 9.17) is 0 Å². The van der Waals surface area contributed by atoms with Crippen LogP contribution in [0.4, 0.5) is 4.79 Å². The first-order valence-electron chi connectivity index (χ1n) is 8.49. The number of urea groups is 1. The highest BCUT2D eigenvalue weighted by atomic mass is 79.9. The molecule has 0 bridgehead atoms. The van der Waals surface area contributed by atoms with E-state index in [1.165, 1.54) is 7.11 Å². The molecule has 0 fully saturated rings. The topological polar surface area (TPSA) is 87.3 Å². The van der Waals surface area contributed by atoms with Crippen molar-refractivity contribution >= 4 is 27.9 Å². The number of fused-ring (bicyclic) bond motifs is 1. The molecule has 0 saturated carbocycles. The molecule has 3 rings (SSSR count). The van der Waals surface area contributed by atoms with E-state index in [1.54, 1.807) is 11.2 Å². The Morgan fingerprint density at radius 1 is 1.38 bits per heavy atom. The summed E-state index contributed by atoms with van der Waals surface area (Å²) in [6.07, 6.45) is 3.24. The normalized spacial score (nSPS) is 16.1. The number of aromatic nitrogens is 2. The molecule has 7 nitrogen and oxygen atoms in total. The summed E-state index contributed by atoms with van der Waals surface area (Å²) in [6, 6.07) is 7.52. The number of benzene rings is 1. The van der Waals surface area contributed by atoms with Gasteiger partial charge in [-0.3, -0.25) is 4.79 Å². The van der Waals surface area contributed by atoms with Crippen LogP contribution in [0.1, 0.15) is 35.8 Å². The molecule has 1 unspecified atom stereocenters. The fourth-order valence-electron chi connectivity index (χ4n) is 3.11. The fourth-order valence-corrected chi connectivity index (χ4v) is 3.37. The highest BCUT2D eigenvalue weighted by Crippen LogP contribution is 2.33. The van der Waals surface area contributed by atoms with Gasteiger partial charge >= 0.3 is 12.0 Å². The van der Waals surface area contributed by atoms with Gasteiger partial charge in [0.2, 0.25) is 0 Å². The number of amides is 2. The van der Waals surface area contributed by atoms with Crippen molar-refractivity contribution in [1.82, 2.24) is 20.2 Å². The summed E-state index contributed by atoms with van der Waals surface area (Å²) < 4.78 is 5.60. The maximum absolute atomic E-state index is 12.7. The number of carbonyl (C=O) groups excluding carboxylic acids is 2. The van der Waals surface area contributed by atoms with E-state index in [0.29, 0.717) is 19.5 Å². The predicted octanol–water partition coefficient (Wildman–Crippen LogP) is 2.78. The predicted molar refractivity (Wildman–Crippen MR) is 99.6 cm³/mol. The van der Waals surface area contributed by atoms with Gasteiger partial charge in [-0.05, 0) is 24.1 Å². The first-order valence-corrected chi connectivity index (χ1v) is 9.28. The molecule has 2 amide bonds. The number of imidazole rings is 1. The van der Waals surface area contributed by atoms with Crippen LogP contribution in [-0.4, -0.2) is 47.1 Å². The second-order valence-corrected chi connectivity index (χ2v) is 6.99. The van der Waals surface area contributed by atoms with Crippen molar-refractivity contribution in [3.8, 4) is 0 Å². The van der Waals surface area contributed by atoms with E-state index in [0.717, 1.165) is 27.8 Å². The first kappa shape index (κ1) is 18.4. The number of aromatic amines is 1. The SMILES string of the molecule is COC(=O)CCCNC(=O)N1CCc2[nH]cnc2C1c1ccc(Br)cc1. The Balaban J connectivity index is 1.73. The molecular weight excluding hydrogens is 400 g/mol. The van der Waals surface area contributed by atoms with Crippen LogP contribution in [0.2, 0.25) is 0 Å². The van der Waals surface area contributed by atoms with Crippen molar-refractivity contribution in [2.24, 2.45) is 0 Å². The molecule has 2 N–H and O–H groups in total. The van der Waals surface area contributed by atoms with Crippen molar-refractivity contribution in [2.75, 3.05) is 20.2 Å². The lowest BCUT2D eigenvalue weighted by Gasteiger charge is -2.35. The number of hydrogen-bond donors (Lipinski definition) is 2. The van der Waals surface area contributed by atoms with Crippen LogP contribution >= 0.6 is 15.9 Å². The van der Waals surface area contributed by atoms with Gasteiger partial charge in [0.25, 0.3) is 0 Å². The third-order valence-corrected chi connectivity index (χ3v) is 4.96. The highest BCUT2D eigenvalue weighted by molar-refractivity contribution is 9.10. The lowest BCUT2D eigenvalue weighted by atomic mass is 9.96. The molecule has 138 valence electrons. The van der Waals surface area contributed by atoms with Crippen molar-refractivity contribution in [3.05, 3.63) is 52.0 Å². The third kappa shape index (κ3) is 4.07. The Hall–Kier alpha value is -2.35. The van der Waals surface area contributed by atoms with Gasteiger partial charge in [-0.2, -0.15) is 0 Å². The van der Waals surface area contributed by atoms with Crippen LogP contribution in [0.5, 0.6) is 0 Å². The maximum atomic E-state index is 12.7. The standard InChI is InChI=1S/C18H21BrN4O3/c1-26-15(24)3-2-9-20-18(25)23-10-8-14-16(22-11-21-14)17(23)12-4-6-13(19)7-5-12/h4-7,11,17H,2-3,8-10H2,1H3,(H,20,25)(H,21,22). The largest absolute Gasteiger partial charge is 0.469 e. The molecule has 1 atom stereocenters. The third-order valence-electron chi connectivity index (χ3n) is 4.43. The van der Waals surface area contributed by atoms with Gasteiger partial charge in [-0.1, -0.05) is 28.1 Å². The summed E-state index contributed by atoms with van der Waals surface area (Å²) in [4.78, 5) is 33.3. The Morgan fingerprint density at radius 2 is 2.15 bits per heavy atom. The minimum atomic E-state index is -0.272. The maximum Gasteiger partial charge on any atom is 0.318 e. The van der Waals surface area contributed by atoms with Crippen molar-refractivity contribution < 1.29 is 14.3 Å². The molecule has 1 aromatic heterocycles. The zero-order chi connectivity index (χ0) is 18.5. The van der Waals surface area contributed by atoms with Crippen LogP contribution in [-0.2, 0) is 16.0 Å². The quantitative estimate of drug-likeness (QED) is 0.574. The molecular formula is C18H21BrN4O3. The lowest BCUT2D eigenvalue weighted by Crippen LogP contribution is -2.46. The number of rotatable bonds is 5. The summed E-state index contributed by atoms with van der Waals surface area (Å²) in [7, 11) is 1.36. The zero-order valence-corrected chi connectivity index (χ0v) is 16.1. The van der Waals surface area contributed by atoms with Gasteiger partial charge in [-0.25, -0.2) is 9.78 Å². The summed E-state index contributed by atoms with van der Waals surface area (Å²) >= 11 is 3.44. The fraction of sp³-hybridized carbons (Fsp3) is 0.389. The number of esters is 1. The highest BCUT2D eigenvalue weighted by Gasteiger charge is 2.33. The van der Waals surface area contributed by atoms with Gasteiger partial charge in [0.15, 0.2) is 0 Å². The van der Waals surface area contributed by atoms with Gasteiger partial charge in [0.05, 0.1) is 19.1 Å². The smallest absolute Gasteiger partial charge is 0.318 e. The average molecular weight is 421 g/mol. The molecule has 0 aliphatic carbocycles. The van der Waals surface area contributed by atoms with Gasteiger partial charge in [0.1, 0.15) is 6.04 Å². The van der Waals surface area contributed by atoms with Crippen molar-refractivity contribution in [1.29, 1.82) is 0 Å². The Kier molecular flexibility index (Phi) is 5.92. The van der Waals surface area contributed by atoms with Crippen LogP contribution in [0.3, 0.4) is 0 Å². The van der Waals surface area contributed by atoms with Crippen LogP contribution in [0, 0.1) is 0 Å². The van der Waals surface area contributed by atoms with Crippen molar-refractivity contribution in [2.45, 2.75) is 25.3 Å². The van der Waals surface area contributed by atoms with Crippen LogP contribution < -0.4 is 5.32 Å². The molecule has 0 saturated heterocycles. The number of hydrogen-bond acceptors (Lipinski definition) is 4. The Bertz CT molecular complexity index is 775. The molecule has 8 heteroatoms. The minimum absolute atomic E-state index is 0.156. The molecule has 1 aromatic carbocycles. The average Bonchev–Trinajstić information content (AvgIpc) is 3.13. The summed E-state index contributed by atoms with van der Waals surface area (Å²) in [6.45, 7) is 1.02. The number of carbonyl (C=O) groups is 2. The number of H-pyrrole nitrogens is 1. The van der Waals surface area contributed by atoms with E-state index in [9.17, 15) is 9.59 Å². The number of nitrogens with zero attached hydrogens (tertiary/aromatic N) is 2. The number of ether oxygens (including phenoxy) is 1. The Labute approximate surface area is 160 Å². The van der Waals surface area contributed by atoms with E-state index in [-0.39, 0.29) is 24.5 Å². The minimum Gasteiger partial charge on any atom is -0.469 e. The molecule has 1 aliphatic rings. The molecule has 2 heterocycles. The lowest BCUT2D eigenvalue weighted by molar-refractivity contribution is -0.140. The van der Waals surface area contributed by atoms with E-state index in [2.05, 4.69) is 36.0 Å². The van der Waals surface area contributed by atoms with Crippen LogP contribution in [0.25, 0.3) is 0 Å². The molecule has 0 radical (unpaired) electrons. The zero-order valence-electron chi connectivity index (χ0n) is 14.5. The summed E-state index contributed by atoms with van der Waals surface area (Å²) in [5.41, 5.74) is 2.95. The van der Waals surface area contributed by atoms with Gasteiger partial charge in [0, 0.05) is 36.1 Å². The molecule has 26 heavy (non-hydrogen) atoms. The van der Waals surface area contributed by atoms with Crippen LogP contribution in [0.15, 0.2) is 35.1 Å². The Morgan fingerprint density at radius 3 is 2.88 bits per heavy atom. The molecule has 2 aromatic rings. The molecule has 1 aliphatic heterocycles. The number of nitrogens with one attached hydrogen (secondary N) is 2. The number of halogens is 1. The first-order chi connectivity index (χ1) is 12.6. The van der Waals surface area contributed by atoms with Gasteiger partial charge < -0.3 is 19.9 Å². The second kappa shape index (κ2) is 8.35. The monoisotopic (exact) mass is 420 g/mol. The molecule has 0 spiro atoms. The summed E-state index contributed by atoms with van der Waals surface area (Å²) in [5, 5.41) is 2.90. The number of methoxy groups -OCH3 is 1. The summed E-state index contributed by atoms with van der Waals surface area (Å²) in [5.74, 6) is -0.272. The second-order valence-electron chi connectivity index (χ2n) is 6.08. The van der Waals surface area contributed by atoms with E-state index >= 15 is 0 Å². The van der Waals surface area contributed by atoms with E-state index in [1.807, 2.05) is 24.3 Å². The van der Waals surface area contributed by atoms with Crippen molar-refractivity contribution in [3.63, 3.8) is 0 Å². The van der Waals surface area contributed by atoms with E-state index < -0.39 is 0 Å².